The minimum Gasteiger partial charge on any atom is -0.382 e. The van der Waals surface area contributed by atoms with Gasteiger partial charge in [-0.05, 0) is 18.8 Å². The van der Waals surface area contributed by atoms with Gasteiger partial charge in [0.25, 0.3) is 0 Å². The molecule has 28 heavy (non-hydrogen) atoms. The average molecular weight is 405 g/mol. The maximum absolute atomic E-state index is 5.58. The molecule has 0 amide bonds. The standard InChI is InChI=1S/C11H22O2.C7H14O2.C4H8O2/c1-3-5-6-10(4-2)7-12-8-11-9-13-11;1-2-3-4-8-5-7-6-9-7;1-5-2-4-3-6-4/h10-11H,3-9H2,1-2H3;7H,2-6H2,1H3;4H,2-3H2,1H3. The summed E-state index contributed by atoms with van der Waals surface area (Å²) < 4.78 is 30.5. The van der Waals surface area contributed by atoms with Crippen LogP contribution in [0.2, 0.25) is 0 Å². The highest BCUT2D eigenvalue weighted by Gasteiger charge is 2.23. The van der Waals surface area contributed by atoms with Crippen LogP contribution in [0.3, 0.4) is 0 Å². The Balaban J connectivity index is 0.000000226. The van der Waals surface area contributed by atoms with E-state index >= 15 is 0 Å². The summed E-state index contributed by atoms with van der Waals surface area (Å²) in [6, 6.07) is 0. The third-order valence-electron chi connectivity index (χ3n) is 4.71. The summed E-state index contributed by atoms with van der Waals surface area (Å²) in [6.45, 7) is 13.6. The van der Waals surface area contributed by atoms with Crippen LogP contribution in [0.25, 0.3) is 0 Å². The Morgan fingerprint density at radius 3 is 1.75 bits per heavy atom. The van der Waals surface area contributed by atoms with Gasteiger partial charge in [-0.3, -0.25) is 0 Å². The zero-order valence-electron chi connectivity index (χ0n) is 18.7. The van der Waals surface area contributed by atoms with Gasteiger partial charge >= 0.3 is 0 Å². The van der Waals surface area contributed by atoms with Gasteiger partial charge in [0, 0.05) is 20.3 Å². The number of hydrogen-bond acceptors (Lipinski definition) is 6. The first-order valence-electron chi connectivity index (χ1n) is 11.2. The van der Waals surface area contributed by atoms with E-state index in [9.17, 15) is 0 Å². The van der Waals surface area contributed by atoms with E-state index in [1.54, 1.807) is 7.11 Å². The smallest absolute Gasteiger partial charge is 0.104 e. The Morgan fingerprint density at radius 1 is 0.786 bits per heavy atom. The molecule has 4 atom stereocenters. The lowest BCUT2D eigenvalue weighted by molar-refractivity contribution is 0.0813. The number of rotatable bonds is 15. The molecule has 3 fully saturated rings. The second kappa shape index (κ2) is 17.6. The van der Waals surface area contributed by atoms with Crippen LogP contribution in [0.5, 0.6) is 0 Å². The molecule has 0 saturated carbocycles. The van der Waals surface area contributed by atoms with Crippen molar-refractivity contribution in [1.29, 1.82) is 0 Å². The van der Waals surface area contributed by atoms with Gasteiger partial charge in [-0.25, -0.2) is 0 Å². The summed E-state index contributed by atoms with van der Waals surface area (Å²) in [4.78, 5) is 0. The first-order valence-corrected chi connectivity index (χ1v) is 11.2. The lowest BCUT2D eigenvalue weighted by Crippen LogP contribution is -2.11. The maximum atomic E-state index is 5.58. The van der Waals surface area contributed by atoms with Gasteiger partial charge in [0.2, 0.25) is 0 Å². The SMILES string of the molecule is CCCCC(CC)COCC1CO1.CCCCOCC1CO1.COCC1CO1. The third-order valence-corrected chi connectivity index (χ3v) is 4.71. The highest BCUT2D eigenvalue weighted by molar-refractivity contribution is 4.68. The van der Waals surface area contributed by atoms with Crippen LogP contribution in [0.15, 0.2) is 0 Å². The van der Waals surface area contributed by atoms with Crippen LogP contribution in [0.4, 0.5) is 0 Å². The molecule has 6 nitrogen and oxygen atoms in total. The molecule has 4 unspecified atom stereocenters. The van der Waals surface area contributed by atoms with Crippen LogP contribution < -0.4 is 0 Å². The summed E-state index contributed by atoms with van der Waals surface area (Å²) >= 11 is 0. The highest BCUT2D eigenvalue weighted by atomic mass is 16.6. The molecule has 3 aliphatic heterocycles. The Kier molecular flexibility index (Phi) is 16.2. The maximum Gasteiger partial charge on any atom is 0.104 e. The molecule has 0 bridgehead atoms. The molecule has 3 heterocycles. The van der Waals surface area contributed by atoms with E-state index in [0.717, 1.165) is 58.8 Å². The Hall–Kier alpha value is -0.240. The quantitative estimate of drug-likeness (QED) is 0.305. The van der Waals surface area contributed by atoms with Gasteiger partial charge in [-0.15, -0.1) is 0 Å². The van der Waals surface area contributed by atoms with Crippen LogP contribution in [0.1, 0.15) is 59.3 Å². The molecule has 0 aromatic rings. The monoisotopic (exact) mass is 404 g/mol. The van der Waals surface area contributed by atoms with E-state index < -0.39 is 0 Å². The molecule has 3 saturated heterocycles. The summed E-state index contributed by atoms with van der Waals surface area (Å²) in [6.07, 6.45) is 8.85. The van der Waals surface area contributed by atoms with Crippen molar-refractivity contribution in [3.05, 3.63) is 0 Å². The molecule has 6 heteroatoms. The molecular formula is C22H44O6. The van der Waals surface area contributed by atoms with E-state index in [0.29, 0.717) is 18.3 Å². The zero-order chi connectivity index (χ0) is 20.5. The molecule has 0 N–H and O–H groups in total. The molecule has 3 aliphatic rings. The Morgan fingerprint density at radius 2 is 1.32 bits per heavy atom. The van der Waals surface area contributed by atoms with E-state index in [4.69, 9.17) is 28.4 Å². The largest absolute Gasteiger partial charge is 0.382 e. The predicted molar refractivity (Wildman–Crippen MR) is 111 cm³/mol. The lowest BCUT2D eigenvalue weighted by atomic mass is 10.0. The summed E-state index contributed by atoms with van der Waals surface area (Å²) in [5.74, 6) is 0.763. The second-order valence-corrected chi connectivity index (χ2v) is 7.70. The van der Waals surface area contributed by atoms with Crippen molar-refractivity contribution >= 4 is 0 Å². The molecule has 168 valence electrons. The van der Waals surface area contributed by atoms with E-state index in [2.05, 4.69) is 20.8 Å². The van der Waals surface area contributed by atoms with Gasteiger partial charge in [-0.2, -0.15) is 0 Å². The topological polar surface area (TPSA) is 65.3 Å². The van der Waals surface area contributed by atoms with E-state index in [-0.39, 0.29) is 0 Å². The Bertz CT molecular complexity index is 329. The second-order valence-electron chi connectivity index (χ2n) is 7.70. The Labute approximate surface area is 172 Å². The average Bonchev–Trinajstić information content (AvgIpc) is 3.56. The van der Waals surface area contributed by atoms with Crippen LogP contribution in [0, 0.1) is 5.92 Å². The highest BCUT2D eigenvalue weighted by Crippen LogP contribution is 2.15. The minimum atomic E-state index is 0.420. The van der Waals surface area contributed by atoms with Crippen LogP contribution >= 0.6 is 0 Å². The minimum absolute atomic E-state index is 0.420. The molecular weight excluding hydrogens is 360 g/mol. The van der Waals surface area contributed by atoms with Gasteiger partial charge < -0.3 is 28.4 Å². The van der Waals surface area contributed by atoms with Gasteiger partial charge in [0.1, 0.15) is 18.3 Å². The number of methoxy groups -OCH3 is 1. The molecule has 0 aliphatic carbocycles. The van der Waals surface area contributed by atoms with Gasteiger partial charge in [-0.1, -0.05) is 46.5 Å². The summed E-state index contributed by atoms with van der Waals surface area (Å²) in [5.41, 5.74) is 0. The van der Waals surface area contributed by atoms with Crippen molar-refractivity contribution < 1.29 is 28.4 Å². The molecule has 0 aromatic heterocycles. The predicted octanol–water partition coefficient (Wildman–Crippen LogP) is 3.85. The normalized spacial score (nSPS) is 25.1. The van der Waals surface area contributed by atoms with E-state index in [1.165, 1.54) is 38.5 Å². The van der Waals surface area contributed by atoms with Crippen molar-refractivity contribution in [1.82, 2.24) is 0 Å². The fourth-order valence-electron chi connectivity index (χ4n) is 2.40. The fraction of sp³-hybridized carbons (Fsp3) is 1.00. The number of ether oxygens (including phenoxy) is 6. The molecule has 0 spiro atoms. The van der Waals surface area contributed by atoms with Crippen molar-refractivity contribution in [3.8, 4) is 0 Å². The van der Waals surface area contributed by atoms with Crippen molar-refractivity contribution in [3.63, 3.8) is 0 Å². The van der Waals surface area contributed by atoms with Crippen molar-refractivity contribution in [2.24, 2.45) is 5.92 Å². The first kappa shape index (κ1) is 25.8. The number of unbranched alkanes of at least 4 members (excludes halogenated alkanes) is 2. The first-order chi connectivity index (χ1) is 13.7. The number of hydrogen-bond donors (Lipinski definition) is 0. The van der Waals surface area contributed by atoms with Crippen molar-refractivity contribution in [2.75, 3.05) is 60.0 Å². The summed E-state index contributed by atoms with van der Waals surface area (Å²) in [5, 5.41) is 0. The zero-order valence-corrected chi connectivity index (χ0v) is 18.7. The van der Waals surface area contributed by atoms with Crippen LogP contribution in [-0.4, -0.2) is 78.3 Å². The van der Waals surface area contributed by atoms with Gasteiger partial charge in [0.15, 0.2) is 0 Å². The lowest BCUT2D eigenvalue weighted by Gasteiger charge is -2.13. The van der Waals surface area contributed by atoms with Crippen LogP contribution in [-0.2, 0) is 28.4 Å². The number of epoxide rings is 3. The molecule has 0 radical (unpaired) electrons. The van der Waals surface area contributed by atoms with Crippen molar-refractivity contribution in [2.45, 2.75) is 77.6 Å². The fourth-order valence-corrected chi connectivity index (χ4v) is 2.40. The molecule has 3 rings (SSSR count). The van der Waals surface area contributed by atoms with E-state index in [1.807, 2.05) is 0 Å². The summed E-state index contributed by atoms with van der Waals surface area (Å²) in [7, 11) is 1.68. The van der Waals surface area contributed by atoms with Gasteiger partial charge in [0.05, 0.1) is 39.6 Å². The third kappa shape index (κ3) is 17.8. The molecule has 0 aromatic carbocycles.